The largest absolute Gasteiger partial charge is 0.497 e. The number of pyridine rings is 1. The highest BCUT2D eigenvalue weighted by molar-refractivity contribution is 5.87. The SMILES string of the molecule is COc1ccc(C=Cc2nc3ccc(C(=O)O)cn3c(=O)c2C)c(OC)c1. The molecular formula is C20H18N2O5. The molecule has 0 amide bonds. The Morgan fingerprint density at radius 1 is 1.15 bits per heavy atom. The standard InChI is InChI=1S/C20H18N2O5/c1-12-16(8-5-13-4-7-15(26-2)10-17(13)27-3)21-18-9-6-14(20(24)25)11-22(18)19(12)23/h4-11H,1-3H3,(H,24,25). The Bertz CT molecular complexity index is 1120. The van der Waals surface area contributed by atoms with E-state index >= 15 is 0 Å². The lowest BCUT2D eigenvalue weighted by atomic mass is 10.1. The number of ether oxygens (including phenoxy) is 2. The third kappa shape index (κ3) is 3.52. The molecule has 138 valence electrons. The fourth-order valence-electron chi connectivity index (χ4n) is 2.66. The molecule has 7 heteroatoms. The highest BCUT2D eigenvalue weighted by atomic mass is 16.5. The number of fused-ring (bicyclic) bond motifs is 1. The van der Waals surface area contributed by atoms with Crippen LogP contribution in [-0.2, 0) is 0 Å². The molecule has 0 fully saturated rings. The average Bonchev–Trinajstić information content (AvgIpc) is 2.69. The molecule has 7 nitrogen and oxygen atoms in total. The number of nitrogens with zero attached hydrogens (tertiary/aromatic N) is 2. The van der Waals surface area contributed by atoms with E-state index in [1.54, 1.807) is 39.4 Å². The maximum absolute atomic E-state index is 12.6. The molecular weight excluding hydrogens is 348 g/mol. The van der Waals surface area contributed by atoms with E-state index in [0.717, 1.165) is 5.56 Å². The van der Waals surface area contributed by atoms with Crippen LogP contribution in [0, 0.1) is 6.92 Å². The Hall–Kier alpha value is -3.61. The molecule has 0 unspecified atom stereocenters. The van der Waals surface area contributed by atoms with E-state index in [0.29, 0.717) is 28.4 Å². The zero-order chi connectivity index (χ0) is 19.6. The van der Waals surface area contributed by atoms with Gasteiger partial charge in [-0.2, -0.15) is 0 Å². The van der Waals surface area contributed by atoms with Gasteiger partial charge in [-0.1, -0.05) is 0 Å². The Labute approximate surface area is 155 Å². The molecule has 0 saturated heterocycles. The van der Waals surface area contributed by atoms with Gasteiger partial charge in [0.1, 0.15) is 17.1 Å². The fourth-order valence-corrected chi connectivity index (χ4v) is 2.66. The molecule has 0 saturated carbocycles. The van der Waals surface area contributed by atoms with Gasteiger partial charge in [-0.15, -0.1) is 0 Å². The summed E-state index contributed by atoms with van der Waals surface area (Å²) < 4.78 is 11.8. The van der Waals surface area contributed by atoms with Crippen molar-refractivity contribution in [1.82, 2.24) is 9.38 Å². The first kappa shape index (κ1) is 18.2. The molecule has 0 aliphatic rings. The van der Waals surface area contributed by atoms with Crippen LogP contribution >= 0.6 is 0 Å². The van der Waals surface area contributed by atoms with E-state index in [-0.39, 0.29) is 11.1 Å². The van der Waals surface area contributed by atoms with E-state index in [4.69, 9.17) is 14.6 Å². The number of hydrogen-bond acceptors (Lipinski definition) is 5. The van der Waals surface area contributed by atoms with Crippen LogP contribution in [0.3, 0.4) is 0 Å². The smallest absolute Gasteiger partial charge is 0.337 e. The maximum atomic E-state index is 12.6. The number of aromatic nitrogens is 2. The lowest BCUT2D eigenvalue weighted by Crippen LogP contribution is -2.20. The fraction of sp³-hybridized carbons (Fsp3) is 0.150. The number of benzene rings is 1. The molecule has 0 spiro atoms. The number of methoxy groups -OCH3 is 2. The number of hydrogen-bond donors (Lipinski definition) is 1. The van der Waals surface area contributed by atoms with Gasteiger partial charge in [0.05, 0.1) is 25.5 Å². The first-order chi connectivity index (χ1) is 12.9. The van der Waals surface area contributed by atoms with E-state index in [1.165, 1.54) is 22.7 Å². The molecule has 3 rings (SSSR count). The summed E-state index contributed by atoms with van der Waals surface area (Å²) in [6.07, 6.45) is 4.81. The van der Waals surface area contributed by atoms with Gasteiger partial charge in [0.2, 0.25) is 0 Å². The van der Waals surface area contributed by atoms with Crippen LogP contribution in [0.25, 0.3) is 17.8 Å². The van der Waals surface area contributed by atoms with Crippen molar-refractivity contribution in [3.05, 3.63) is 69.3 Å². The third-order valence-electron chi connectivity index (χ3n) is 4.19. The Morgan fingerprint density at radius 3 is 2.59 bits per heavy atom. The van der Waals surface area contributed by atoms with Crippen molar-refractivity contribution < 1.29 is 19.4 Å². The average molecular weight is 366 g/mol. The first-order valence-corrected chi connectivity index (χ1v) is 8.11. The zero-order valence-electron chi connectivity index (χ0n) is 15.1. The van der Waals surface area contributed by atoms with Crippen LogP contribution in [0.15, 0.2) is 41.3 Å². The molecule has 2 aromatic heterocycles. The predicted octanol–water partition coefficient (Wildman–Crippen LogP) is 2.89. The second-order valence-electron chi connectivity index (χ2n) is 5.82. The summed E-state index contributed by atoms with van der Waals surface area (Å²) in [6.45, 7) is 1.65. The molecule has 3 aromatic rings. The maximum Gasteiger partial charge on any atom is 0.337 e. The highest BCUT2D eigenvalue weighted by Gasteiger charge is 2.10. The van der Waals surface area contributed by atoms with E-state index < -0.39 is 5.97 Å². The normalized spacial score (nSPS) is 11.1. The lowest BCUT2D eigenvalue weighted by Gasteiger charge is -2.08. The summed E-state index contributed by atoms with van der Waals surface area (Å²) in [6, 6.07) is 8.35. The van der Waals surface area contributed by atoms with Crippen molar-refractivity contribution in [3.63, 3.8) is 0 Å². The molecule has 0 aliphatic carbocycles. The Morgan fingerprint density at radius 2 is 1.93 bits per heavy atom. The van der Waals surface area contributed by atoms with Gasteiger partial charge >= 0.3 is 5.97 Å². The summed E-state index contributed by atoms with van der Waals surface area (Å²) in [5.74, 6) is 0.209. The van der Waals surface area contributed by atoms with Gasteiger partial charge in [-0.3, -0.25) is 9.20 Å². The minimum atomic E-state index is -1.10. The van der Waals surface area contributed by atoms with Crippen molar-refractivity contribution in [3.8, 4) is 11.5 Å². The first-order valence-electron chi connectivity index (χ1n) is 8.11. The molecule has 0 aliphatic heterocycles. The molecule has 0 bridgehead atoms. The van der Waals surface area contributed by atoms with Crippen LogP contribution in [0.1, 0.15) is 27.2 Å². The van der Waals surface area contributed by atoms with Crippen molar-refractivity contribution >= 4 is 23.8 Å². The van der Waals surface area contributed by atoms with Crippen molar-refractivity contribution in [2.24, 2.45) is 0 Å². The van der Waals surface area contributed by atoms with Gasteiger partial charge in [0.15, 0.2) is 0 Å². The molecule has 1 N–H and O–H groups in total. The number of rotatable bonds is 5. The Balaban J connectivity index is 2.06. The van der Waals surface area contributed by atoms with Gasteiger partial charge in [-0.05, 0) is 43.3 Å². The second-order valence-corrected chi connectivity index (χ2v) is 5.82. The quantitative estimate of drug-likeness (QED) is 0.747. The lowest BCUT2D eigenvalue weighted by molar-refractivity contribution is 0.0696. The summed E-state index contributed by atoms with van der Waals surface area (Å²) >= 11 is 0. The zero-order valence-corrected chi connectivity index (χ0v) is 15.1. The number of carboxylic acid groups (broad SMARTS) is 1. The van der Waals surface area contributed by atoms with Crippen molar-refractivity contribution in [2.75, 3.05) is 14.2 Å². The predicted molar refractivity (Wildman–Crippen MR) is 102 cm³/mol. The molecule has 0 atom stereocenters. The number of aromatic carboxylic acids is 1. The highest BCUT2D eigenvalue weighted by Crippen LogP contribution is 2.26. The van der Waals surface area contributed by atoms with Crippen LogP contribution in [0.4, 0.5) is 0 Å². The molecule has 2 heterocycles. The Kier molecular flexibility index (Phi) is 4.94. The molecule has 1 aromatic carbocycles. The van der Waals surface area contributed by atoms with Crippen LogP contribution in [0.5, 0.6) is 11.5 Å². The monoisotopic (exact) mass is 366 g/mol. The van der Waals surface area contributed by atoms with Crippen LogP contribution in [0.2, 0.25) is 0 Å². The molecule has 27 heavy (non-hydrogen) atoms. The van der Waals surface area contributed by atoms with Crippen LogP contribution < -0.4 is 15.0 Å². The summed E-state index contributed by atoms with van der Waals surface area (Å²) in [7, 11) is 3.15. The van der Waals surface area contributed by atoms with Crippen molar-refractivity contribution in [1.29, 1.82) is 0 Å². The van der Waals surface area contributed by atoms with Crippen LogP contribution in [-0.4, -0.2) is 34.7 Å². The second kappa shape index (κ2) is 7.33. The van der Waals surface area contributed by atoms with E-state index in [2.05, 4.69) is 4.98 Å². The minimum Gasteiger partial charge on any atom is -0.497 e. The number of carbonyl (C=O) groups is 1. The summed E-state index contributed by atoms with van der Waals surface area (Å²) in [4.78, 5) is 28.2. The van der Waals surface area contributed by atoms with E-state index in [1.807, 2.05) is 12.1 Å². The van der Waals surface area contributed by atoms with E-state index in [9.17, 15) is 9.59 Å². The molecule has 0 radical (unpaired) electrons. The van der Waals surface area contributed by atoms with Gasteiger partial charge < -0.3 is 14.6 Å². The minimum absolute atomic E-state index is 0.0251. The summed E-state index contributed by atoms with van der Waals surface area (Å²) in [5.41, 5.74) is 1.80. The van der Waals surface area contributed by atoms with Gasteiger partial charge in [0, 0.05) is 23.4 Å². The number of carboxylic acids is 1. The van der Waals surface area contributed by atoms with Gasteiger partial charge in [-0.25, -0.2) is 9.78 Å². The van der Waals surface area contributed by atoms with Gasteiger partial charge in [0.25, 0.3) is 5.56 Å². The topological polar surface area (TPSA) is 90.1 Å². The summed E-state index contributed by atoms with van der Waals surface area (Å²) in [5, 5.41) is 9.09. The third-order valence-corrected chi connectivity index (χ3v) is 4.19. The van der Waals surface area contributed by atoms with Crippen molar-refractivity contribution in [2.45, 2.75) is 6.92 Å².